The molecule has 0 N–H and O–H groups in total. The third-order valence-electron chi connectivity index (χ3n) is 6.46. The lowest BCUT2D eigenvalue weighted by Crippen LogP contribution is -2.40. The fourth-order valence-corrected chi connectivity index (χ4v) is 4.46. The molecular formula is C30H42N2O. The number of nitrogens with zero attached hydrogens (tertiary/aromatic N) is 2. The number of aldehydes is 1. The predicted molar refractivity (Wildman–Crippen MR) is 143 cm³/mol. The first kappa shape index (κ1) is 26.8. The van der Waals surface area contributed by atoms with Crippen LogP contribution in [-0.4, -0.2) is 49.3 Å². The maximum Gasteiger partial charge on any atom is 0.137 e. The van der Waals surface area contributed by atoms with Crippen LogP contribution in [0.25, 0.3) is 10.8 Å². The molecule has 3 aromatic rings. The average molecular weight is 447 g/mol. The number of carbonyl (C=O) groups is 1. The predicted octanol–water partition coefficient (Wildman–Crippen LogP) is 6.46. The zero-order valence-electron chi connectivity index (χ0n) is 21.2. The van der Waals surface area contributed by atoms with Crippen molar-refractivity contribution in [1.82, 2.24) is 9.80 Å². The molecule has 178 valence electrons. The molecule has 0 saturated heterocycles. The summed E-state index contributed by atoms with van der Waals surface area (Å²) in [6.07, 6.45) is 4.26. The molecule has 3 aromatic carbocycles. The van der Waals surface area contributed by atoms with Gasteiger partial charge in [-0.1, -0.05) is 100.0 Å². The van der Waals surface area contributed by atoms with Gasteiger partial charge in [0.1, 0.15) is 6.29 Å². The third kappa shape index (κ3) is 8.10. The Labute approximate surface area is 201 Å². The molecule has 33 heavy (non-hydrogen) atoms. The van der Waals surface area contributed by atoms with E-state index in [4.69, 9.17) is 0 Å². The van der Waals surface area contributed by atoms with E-state index in [0.717, 1.165) is 45.2 Å². The topological polar surface area (TPSA) is 23.6 Å². The van der Waals surface area contributed by atoms with Crippen molar-refractivity contribution in [2.24, 2.45) is 5.92 Å². The van der Waals surface area contributed by atoms with Gasteiger partial charge in [-0.05, 0) is 61.3 Å². The summed E-state index contributed by atoms with van der Waals surface area (Å²) in [4.78, 5) is 16.7. The Morgan fingerprint density at radius 2 is 1.52 bits per heavy atom. The molecule has 2 atom stereocenters. The molecule has 0 saturated carbocycles. The maximum absolute atomic E-state index is 12.1. The van der Waals surface area contributed by atoms with Gasteiger partial charge in [0, 0.05) is 13.1 Å². The average Bonchev–Trinajstić information content (AvgIpc) is 2.87. The minimum absolute atomic E-state index is 0.0634. The lowest BCUT2D eigenvalue weighted by molar-refractivity contribution is -0.114. The standard InChI is InChI=1S/C28H36N2O.C2H6/c1-4-24(18-20-29(2)19-17-23-11-6-5-7-12-23)28(22-31)30(3)21-26-15-10-14-25-13-8-9-16-27(25)26;1-2/h5-16,22,24,28H,4,17-21H2,1-3H3;1-2H3/t24-,28+;/m0./s1. The Balaban J connectivity index is 0.00000187. The summed E-state index contributed by atoms with van der Waals surface area (Å²) < 4.78 is 0. The van der Waals surface area contributed by atoms with E-state index in [0.29, 0.717) is 5.92 Å². The molecule has 0 aliphatic carbocycles. The Bertz CT molecular complexity index is 935. The van der Waals surface area contributed by atoms with Crippen molar-refractivity contribution in [2.75, 3.05) is 27.2 Å². The Hall–Kier alpha value is -2.49. The largest absolute Gasteiger partial charge is 0.306 e. The van der Waals surface area contributed by atoms with Crippen LogP contribution in [0, 0.1) is 5.92 Å². The molecule has 0 heterocycles. The highest BCUT2D eigenvalue weighted by molar-refractivity contribution is 5.85. The number of fused-ring (bicyclic) bond motifs is 1. The molecule has 3 heteroatoms. The first-order valence-corrected chi connectivity index (χ1v) is 12.5. The van der Waals surface area contributed by atoms with Crippen molar-refractivity contribution in [2.45, 2.75) is 52.6 Å². The van der Waals surface area contributed by atoms with Gasteiger partial charge < -0.3 is 9.69 Å². The molecule has 0 amide bonds. The molecule has 0 bridgehead atoms. The van der Waals surface area contributed by atoms with E-state index in [9.17, 15) is 4.79 Å². The molecule has 0 aliphatic rings. The quantitative estimate of drug-likeness (QED) is 0.298. The monoisotopic (exact) mass is 446 g/mol. The number of hydrogen-bond acceptors (Lipinski definition) is 3. The molecular weight excluding hydrogens is 404 g/mol. The van der Waals surface area contributed by atoms with Gasteiger partial charge in [-0.15, -0.1) is 0 Å². The highest BCUT2D eigenvalue weighted by Crippen LogP contribution is 2.23. The van der Waals surface area contributed by atoms with E-state index >= 15 is 0 Å². The minimum Gasteiger partial charge on any atom is -0.306 e. The second-order valence-electron chi connectivity index (χ2n) is 8.68. The van der Waals surface area contributed by atoms with Gasteiger partial charge in [0.2, 0.25) is 0 Å². The van der Waals surface area contributed by atoms with Gasteiger partial charge in [0.05, 0.1) is 6.04 Å². The summed E-state index contributed by atoms with van der Waals surface area (Å²) in [7, 11) is 4.27. The van der Waals surface area contributed by atoms with Crippen molar-refractivity contribution in [3.63, 3.8) is 0 Å². The minimum atomic E-state index is -0.0634. The lowest BCUT2D eigenvalue weighted by atomic mass is 9.92. The van der Waals surface area contributed by atoms with Crippen LogP contribution in [0.4, 0.5) is 0 Å². The molecule has 0 aliphatic heterocycles. The number of rotatable bonds is 12. The van der Waals surface area contributed by atoms with Crippen LogP contribution in [0.15, 0.2) is 72.8 Å². The maximum atomic E-state index is 12.1. The zero-order chi connectivity index (χ0) is 24.1. The third-order valence-corrected chi connectivity index (χ3v) is 6.46. The highest BCUT2D eigenvalue weighted by Gasteiger charge is 2.24. The van der Waals surface area contributed by atoms with Gasteiger partial charge in [-0.2, -0.15) is 0 Å². The molecule has 3 rings (SSSR count). The molecule has 0 unspecified atom stereocenters. The van der Waals surface area contributed by atoms with Gasteiger partial charge in [-0.3, -0.25) is 4.90 Å². The van der Waals surface area contributed by atoms with E-state index in [1.165, 1.54) is 21.9 Å². The molecule has 0 radical (unpaired) electrons. The SMILES string of the molecule is CC.CC[C@@H](CCN(C)CCc1ccccc1)[C@@H](C=O)N(C)Cc1cccc2ccccc12. The van der Waals surface area contributed by atoms with Crippen LogP contribution in [0.1, 0.15) is 44.7 Å². The Kier molecular flexibility index (Phi) is 11.9. The van der Waals surface area contributed by atoms with Gasteiger partial charge >= 0.3 is 0 Å². The van der Waals surface area contributed by atoms with Crippen molar-refractivity contribution in [3.05, 3.63) is 83.9 Å². The first-order valence-electron chi connectivity index (χ1n) is 12.5. The fourth-order valence-electron chi connectivity index (χ4n) is 4.46. The van der Waals surface area contributed by atoms with Gasteiger partial charge in [-0.25, -0.2) is 0 Å². The second kappa shape index (κ2) is 14.6. The number of carbonyl (C=O) groups excluding carboxylic acids is 1. The van der Waals surface area contributed by atoms with Crippen LogP contribution in [0.3, 0.4) is 0 Å². The summed E-state index contributed by atoms with van der Waals surface area (Å²) in [6, 6.07) is 25.5. The normalized spacial score (nSPS) is 12.9. The summed E-state index contributed by atoms with van der Waals surface area (Å²) in [6.45, 7) is 9.04. The van der Waals surface area contributed by atoms with Crippen molar-refractivity contribution in [3.8, 4) is 0 Å². The Morgan fingerprint density at radius 3 is 2.21 bits per heavy atom. The van der Waals surface area contributed by atoms with Crippen molar-refractivity contribution in [1.29, 1.82) is 0 Å². The number of hydrogen-bond donors (Lipinski definition) is 0. The van der Waals surface area contributed by atoms with E-state index < -0.39 is 0 Å². The highest BCUT2D eigenvalue weighted by atomic mass is 16.1. The van der Waals surface area contributed by atoms with Crippen LogP contribution >= 0.6 is 0 Å². The molecule has 3 nitrogen and oxygen atoms in total. The van der Waals surface area contributed by atoms with Gasteiger partial charge in [0.25, 0.3) is 0 Å². The van der Waals surface area contributed by atoms with Crippen LogP contribution in [-0.2, 0) is 17.8 Å². The number of likely N-dealkylation sites (N-methyl/N-ethyl adjacent to an activating group) is 2. The Morgan fingerprint density at radius 1 is 0.848 bits per heavy atom. The van der Waals surface area contributed by atoms with E-state index in [1.54, 1.807) is 0 Å². The lowest BCUT2D eigenvalue weighted by Gasteiger charge is -2.31. The smallest absolute Gasteiger partial charge is 0.137 e. The summed E-state index contributed by atoms with van der Waals surface area (Å²) >= 11 is 0. The summed E-state index contributed by atoms with van der Waals surface area (Å²) in [5.41, 5.74) is 2.66. The van der Waals surface area contributed by atoms with Gasteiger partial charge in [0.15, 0.2) is 0 Å². The van der Waals surface area contributed by atoms with E-state index in [-0.39, 0.29) is 6.04 Å². The second-order valence-corrected chi connectivity index (χ2v) is 8.68. The first-order chi connectivity index (χ1) is 16.1. The van der Waals surface area contributed by atoms with Crippen LogP contribution < -0.4 is 0 Å². The molecule has 0 spiro atoms. The zero-order valence-corrected chi connectivity index (χ0v) is 21.2. The molecule has 0 aromatic heterocycles. The van der Waals surface area contributed by atoms with Crippen LogP contribution in [0.5, 0.6) is 0 Å². The van der Waals surface area contributed by atoms with E-state index in [2.05, 4.69) is 104 Å². The van der Waals surface area contributed by atoms with Crippen molar-refractivity contribution < 1.29 is 4.79 Å². The number of benzene rings is 3. The molecule has 0 fully saturated rings. The fraction of sp³-hybridized carbons (Fsp3) is 0.433. The van der Waals surface area contributed by atoms with Crippen LogP contribution in [0.2, 0.25) is 0 Å². The summed E-state index contributed by atoms with van der Waals surface area (Å²) in [5, 5.41) is 2.53. The summed E-state index contributed by atoms with van der Waals surface area (Å²) in [5.74, 6) is 0.358. The van der Waals surface area contributed by atoms with Crippen molar-refractivity contribution >= 4 is 17.1 Å². The van der Waals surface area contributed by atoms with E-state index in [1.807, 2.05) is 13.8 Å².